The molecule has 1 amide bonds. The van der Waals surface area contributed by atoms with Crippen LogP contribution in [0.5, 0.6) is 0 Å². The molecule has 0 aromatic carbocycles. The maximum Gasteiger partial charge on any atom is 0.253 e. The Hall–Kier alpha value is -2.51. The van der Waals surface area contributed by atoms with E-state index in [2.05, 4.69) is 43.2 Å². The zero-order valence-electron chi connectivity index (χ0n) is 11.4. The van der Waals surface area contributed by atoms with Crippen molar-refractivity contribution in [3.63, 3.8) is 0 Å². The van der Waals surface area contributed by atoms with Gasteiger partial charge in [0, 0.05) is 12.7 Å². The van der Waals surface area contributed by atoms with Crippen LogP contribution in [0.15, 0.2) is 18.3 Å². The van der Waals surface area contributed by atoms with Gasteiger partial charge >= 0.3 is 0 Å². The SMILES string of the molecule is CCCNc1ccc(C(=O)NC(C)c2nn[nH]n2)cn1. The smallest absolute Gasteiger partial charge is 0.253 e. The van der Waals surface area contributed by atoms with Crippen LogP contribution in [-0.4, -0.2) is 38.1 Å². The molecule has 0 saturated heterocycles. The van der Waals surface area contributed by atoms with E-state index in [0.717, 1.165) is 18.8 Å². The summed E-state index contributed by atoms with van der Waals surface area (Å²) < 4.78 is 0. The van der Waals surface area contributed by atoms with E-state index in [-0.39, 0.29) is 11.9 Å². The molecule has 1 unspecified atom stereocenters. The quantitative estimate of drug-likeness (QED) is 0.723. The van der Waals surface area contributed by atoms with Crippen molar-refractivity contribution in [1.29, 1.82) is 0 Å². The molecule has 2 aromatic rings. The van der Waals surface area contributed by atoms with Gasteiger partial charge in [-0.25, -0.2) is 4.98 Å². The van der Waals surface area contributed by atoms with Gasteiger partial charge < -0.3 is 10.6 Å². The van der Waals surface area contributed by atoms with E-state index in [1.54, 1.807) is 19.1 Å². The molecule has 0 fully saturated rings. The van der Waals surface area contributed by atoms with Crippen LogP contribution >= 0.6 is 0 Å². The predicted octanol–water partition coefficient (Wildman–Crippen LogP) is 0.908. The van der Waals surface area contributed by atoms with Gasteiger partial charge in [0.1, 0.15) is 5.82 Å². The lowest BCUT2D eigenvalue weighted by Gasteiger charge is -2.10. The lowest BCUT2D eigenvalue weighted by molar-refractivity contribution is 0.0938. The minimum absolute atomic E-state index is 0.225. The highest BCUT2D eigenvalue weighted by molar-refractivity contribution is 5.94. The normalized spacial score (nSPS) is 11.9. The molecule has 0 aliphatic carbocycles. The summed E-state index contributed by atoms with van der Waals surface area (Å²) in [5, 5.41) is 19.4. The number of nitrogens with one attached hydrogen (secondary N) is 3. The number of H-pyrrole nitrogens is 1. The van der Waals surface area contributed by atoms with Crippen LogP contribution < -0.4 is 10.6 Å². The first-order valence-corrected chi connectivity index (χ1v) is 6.45. The number of pyridine rings is 1. The Bertz CT molecular complexity index is 537. The molecule has 8 heteroatoms. The van der Waals surface area contributed by atoms with E-state index in [4.69, 9.17) is 0 Å². The number of aromatic amines is 1. The van der Waals surface area contributed by atoms with Crippen molar-refractivity contribution < 1.29 is 4.79 Å². The molecule has 0 aliphatic heterocycles. The molecular weight excluding hydrogens is 258 g/mol. The Labute approximate surface area is 116 Å². The number of nitrogens with zero attached hydrogens (tertiary/aromatic N) is 4. The molecule has 2 rings (SSSR count). The van der Waals surface area contributed by atoms with Crippen molar-refractivity contribution in [3.05, 3.63) is 29.7 Å². The second-order valence-corrected chi connectivity index (χ2v) is 4.32. The van der Waals surface area contributed by atoms with Gasteiger partial charge in [0.2, 0.25) is 0 Å². The second kappa shape index (κ2) is 6.60. The Balaban J connectivity index is 1.95. The lowest BCUT2D eigenvalue weighted by Crippen LogP contribution is -2.27. The highest BCUT2D eigenvalue weighted by Gasteiger charge is 2.14. The number of rotatable bonds is 6. The Morgan fingerprint density at radius 3 is 2.90 bits per heavy atom. The molecule has 106 valence electrons. The number of carbonyl (C=O) groups excluding carboxylic acids is 1. The van der Waals surface area contributed by atoms with Gasteiger partial charge in [0.15, 0.2) is 5.82 Å². The van der Waals surface area contributed by atoms with Crippen LogP contribution in [0.1, 0.15) is 42.5 Å². The Kier molecular flexibility index (Phi) is 4.59. The Morgan fingerprint density at radius 2 is 2.30 bits per heavy atom. The average molecular weight is 275 g/mol. The number of hydrogen-bond acceptors (Lipinski definition) is 6. The van der Waals surface area contributed by atoms with Crippen molar-refractivity contribution in [2.75, 3.05) is 11.9 Å². The first kappa shape index (κ1) is 13.9. The molecular formula is C12H17N7O. The minimum Gasteiger partial charge on any atom is -0.370 e. The number of aromatic nitrogens is 5. The van der Waals surface area contributed by atoms with E-state index < -0.39 is 0 Å². The first-order chi connectivity index (χ1) is 9.70. The Morgan fingerprint density at radius 1 is 1.45 bits per heavy atom. The van der Waals surface area contributed by atoms with E-state index in [1.165, 1.54) is 6.20 Å². The number of anilines is 1. The summed E-state index contributed by atoms with van der Waals surface area (Å²) in [4.78, 5) is 16.2. The number of hydrogen-bond donors (Lipinski definition) is 3. The van der Waals surface area contributed by atoms with Gasteiger partial charge in [-0.05, 0) is 25.5 Å². The van der Waals surface area contributed by atoms with Gasteiger partial charge in [-0.15, -0.1) is 10.2 Å². The van der Waals surface area contributed by atoms with E-state index in [0.29, 0.717) is 11.4 Å². The molecule has 8 nitrogen and oxygen atoms in total. The number of tetrazole rings is 1. The van der Waals surface area contributed by atoms with Crippen molar-refractivity contribution in [1.82, 2.24) is 30.9 Å². The number of carbonyl (C=O) groups is 1. The summed E-state index contributed by atoms with van der Waals surface area (Å²) in [6.45, 7) is 4.72. The van der Waals surface area contributed by atoms with Crippen LogP contribution in [0.2, 0.25) is 0 Å². The standard InChI is InChI=1S/C12H17N7O/c1-3-6-13-10-5-4-9(7-14-10)12(20)15-8(2)11-16-18-19-17-11/h4-5,7-8H,3,6H2,1-2H3,(H,13,14)(H,15,20)(H,16,17,18,19). The van der Waals surface area contributed by atoms with Gasteiger partial charge in [-0.1, -0.05) is 12.1 Å². The molecule has 1 atom stereocenters. The van der Waals surface area contributed by atoms with Gasteiger partial charge in [0.25, 0.3) is 5.91 Å². The number of amides is 1. The minimum atomic E-state index is -0.320. The zero-order chi connectivity index (χ0) is 14.4. The van der Waals surface area contributed by atoms with Crippen LogP contribution in [-0.2, 0) is 0 Å². The summed E-state index contributed by atoms with van der Waals surface area (Å²) in [6, 6.07) is 3.19. The van der Waals surface area contributed by atoms with E-state index in [9.17, 15) is 4.79 Å². The zero-order valence-corrected chi connectivity index (χ0v) is 11.4. The molecule has 0 saturated carbocycles. The fourth-order valence-corrected chi connectivity index (χ4v) is 1.58. The molecule has 20 heavy (non-hydrogen) atoms. The molecule has 2 heterocycles. The molecule has 2 aromatic heterocycles. The fourth-order valence-electron chi connectivity index (χ4n) is 1.58. The first-order valence-electron chi connectivity index (χ1n) is 6.45. The van der Waals surface area contributed by atoms with Gasteiger partial charge in [0.05, 0.1) is 11.6 Å². The average Bonchev–Trinajstić information content (AvgIpc) is 3.00. The lowest BCUT2D eigenvalue weighted by atomic mass is 10.2. The van der Waals surface area contributed by atoms with Crippen molar-refractivity contribution in [3.8, 4) is 0 Å². The van der Waals surface area contributed by atoms with Crippen molar-refractivity contribution >= 4 is 11.7 Å². The second-order valence-electron chi connectivity index (χ2n) is 4.32. The fraction of sp³-hybridized carbons (Fsp3) is 0.417. The summed E-state index contributed by atoms with van der Waals surface area (Å²) in [5.41, 5.74) is 0.488. The van der Waals surface area contributed by atoms with E-state index >= 15 is 0 Å². The highest BCUT2D eigenvalue weighted by Crippen LogP contribution is 2.08. The van der Waals surface area contributed by atoms with Gasteiger partial charge in [-0.3, -0.25) is 4.79 Å². The molecule has 3 N–H and O–H groups in total. The van der Waals surface area contributed by atoms with Crippen LogP contribution in [0.25, 0.3) is 0 Å². The summed E-state index contributed by atoms with van der Waals surface area (Å²) >= 11 is 0. The predicted molar refractivity (Wildman–Crippen MR) is 73.1 cm³/mol. The highest BCUT2D eigenvalue weighted by atomic mass is 16.1. The van der Waals surface area contributed by atoms with Crippen molar-refractivity contribution in [2.45, 2.75) is 26.3 Å². The molecule has 0 aliphatic rings. The van der Waals surface area contributed by atoms with Crippen LogP contribution in [0, 0.1) is 0 Å². The summed E-state index contributed by atoms with van der Waals surface area (Å²) in [6.07, 6.45) is 2.56. The molecule has 0 spiro atoms. The summed E-state index contributed by atoms with van der Waals surface area (Å²) in [7, 11) is 0. The van der Waals surface area contributed by atoms with Crippen LogP contribution in [0.3, 0.4) is 0 Å². The largest absolute Gasteiger partial charge is 0.370 e. The maximum atomic E-state index is 12.0. The topological polar surface area (TPSA) is 108 Å². The third kappa shape index (κ3) is 3.50. The van der Waals surface area contributed by atoms with Gasteiger partial charge in [-0.2, -0.15) is 5.21 Å². The monoisotopic (exact) mass is 275 g/mol. The van der Waals surface area contributed by atoms with Crippen molar-refractivity contribution in [2.24, 2.45) is 0 Å². The third-order valence-corrected chi connectivity index (χ3v) is 2.68. The van der Waals surface area contributed by atoms with E-state index in [1.807, 2.05) is 0 Å². The van der Waals surface area contributed by atoms with Crippen LogP contribution in [0.4, 0.5) is 5.82 Å². The molecule has 0 radical (unpaired) electrons. The molecule has 0 bridgehead atoms. The third-order valence-electron chi connectivity index (χ3n) is 2.68. The summed E-state index contributed by atoms with van der Waals surface area (Å²) in [5.74, 6) is 0.971. The maximum absolute atomic E-state index is 12.0.